The van der Waals surface area contributed by atoms with Crippen LogP contribution in [-0.2, 0) is 16.0 Å². The highest BCUT2D eigenvalue weighted by Crippen LogP contribution is 2.26. The van der Waals surface area contributed by atoms with E-state index >= 15 is 0 Å². The topological polar surface area (TPSA) is 67.4 Å². The smallest absolute Gasteiger partial charge is 0.231 e. The van der Waals surface area contributed by atoms with Gasteiger partial charge in [-0.25, -0.2) is 0 Å². The first-order chi connectivity index (χ1) is 16.5. The first kappa shape index (κ1) is 23.1. The maximum absolute atomic E-state index is 12.8. The van der Waals surface area contributed by atoms with Crippen LogP contribution in [-0.4, -0.2) is 18.9 Å². The van der Waals surface area contributed by atoms with E-state index in [4.69, 9.17) is 4.74 Å². The van der Waals surface area contributed by atoms with Crippen LogP contribution in [0.3, 0.4) is 0 Å². The lowest BCUT2D eigenvalue weighted by Gasteiger charge is -2.14. The van der Waals surface area contributed by atoms with Crippen molar-refractivity contribution in [1.29, 1.82) is 0 Å². The van der Waals surface area contributed by atoms with Crippen LogP contribution in [0.5, 0.6) is 5.75 Å². The molecule has 5 nitrogen and oxygen atoms in total. The van der Waals surface area contributed by atoms with E-state index in [0.717, 1.165) is 27.6 Å². The normalized spacial score (nSPS) is 11.6. The molecule has 4 aromatic carbocycles. The van der Waals surface area contributed by atoms with Crippen molar-refractivity contribution in [3.8, 4) is 5.75 Å². The molecule has 2 amide bonds. The van der Waals surface area contributed by atoms with Gasteiger partial charge in [0, 0.05) is 17.8 Å². The fourth-order valence-corrected chi connectivity index (χ4v) is 3.80. The third kappa shape index (κ3) is 5.81. The van der Waals surface area contributed by atoms with E-state index in [2.05, 4.69) is 10.6 Å². The van der Waals surface area contributed by atoms with Crippen molar-refractivity contribution in [2.24, 2.45) is 0 Å². The molecule has 0 fully saturated rings. The average molecular weight is 453 g/mol. The van der Waals surface area contributed by atoms with Gasteiger partial charge in [0.05, 0.1) is 13.0 Å². The van der Waals surface area contributed by atoms with Gasteiger partial charge in [-0.05, 0) is 71.6 Å². The predicted octanol–water partition coefficient (Wildman–Crippen LogP) is 6.16. The predicted molar refractivity (Wildman–Crippen MR) is 137 cm³/mol. The van der Waals surface area contributed by atoms with Crippen LogP contribution in [0.25, 0.3) is 10.8 Å². The summed E-state index contributed by atoms with van der Waals surface area (Å²) >= 11 is 0. The lowest BCUT2D eigenvalue weighted by Crippen LogP contribution is -2.19. The number of aryl methyl sites for hydroxylation is 1. The number of carbonyl (C=O) groups excluding carboxylic acids is 2. The van der Waals surface area contributed by atoms with Gasteiger partial charge in [-0.3, -0.25) is 9.59 Å². The van der Waals surface area contributed by atoms with Gasteiger partial charge in [0.2, 0.25) is 11.8 Å². The minimum Gasteiger partial charge on any atom is -0.497 e. The summed E-state index contributed by atoms with van der Waals surface area (Å²) in [5, 5.41) is 8.00. The lowest BCUT2D eigenvalue weighted by atomic mass is 9.97. The lowest BCUT2D eigenvalue weighted by molar-refractivity contribution is -0.117. The molecule has 0 unspecified atom stereocenters. The number of nitrogens with one attached hydrogen (secondary N) is 2. The second kappa shape index (κ2) is 10.7. The molecule has 0 radical (unpaired) electrons. The third-order valence-electron chi connectivity index (χ3n) is 5.88. The van der Waals surface area contributed by atoms with Crippen molar-refractivity contribution in [1.82, 2.24) is 0 Å². The Labute approximate surface area is 199 Å². The molecule has 0 aliphatic heterocycles. The van der Waals surface area contributed by atoms with E-state index in [1.807, 2.05) is 73.7 Å². The van der Waals surface area contributed by atoms with Crippen LogP contribution in [0.15, 0.2) is 91.0 Å². The van der Waals surface area contributed by atoms with Crippen molar-refractivity contribution >= 4 is 34.0 Å². The Bertz CT molecular complexity index is 1280. The number of rotatable bonds is 8. The van der Waals surface area contributed by atoms with Crippen LogP contribution < -0.4 is 15.4 Å². The quantitative estimate of drug-likeness (QED) is 0.336. The summed E-state index contributed by atoms with van der Waals surface area (Å²) in [6, 6.07) is 29.0. The Balaban J connectivity index is 1.33. The van der Waals surface area contributed by atoms with Crippen LogP contribution in [0, 0.1) is 0 Å². The van der Waals surface area contributed by atoms with E-state index in [1.54, 1.807) is 31.4 Å². The summed E-state index contributed by atoms with van der Waals surface area (Å²) in [7, 11) is 1.65. The molecule has 1 atom stereocenters. The van der Waals surface area contributed by atoms with Gasteiger partial charge >= 0.3 is 0 Å². The van der Waals surface area contributed by atoms with Crippen LogP contribution >= 0.6 is 0 Å². The molecule has 0 heterocycles. The number of benzene rings is 4. The fourth-order valence-electron chi connectivity index (χ4n) is 3.80. The van der Waals surface area contributed by atoms with Gasteiger partial charge in [0.15, 0.2) is 0 Å². The molecule has 2 N–H and O–H groups in total. The Kier molecular flexibility index (Phi) is 7.23. The number of hydrogen-bond donors (Lipinski definition) is 2. The molecule has 5 heteroatoms. The van der Waals surface area contributed by atoms with Crippen molar-refractivity contribution < 1.29 is 14.3 Å². The van der Waals surface area contributed by atoms with Gasteiger partial charge in [-0.1, -0.05) is 54.6 Å². The van der Waals surface area contributed by atoms with Crippen molar-refractivity contribution in [2.75, 3.05) is 17.7 Å². The highest BCUT2D eigenvalue weighted by Gasteiger charge is 2.16. The van der Waals surface area contributed by atoms with Gasteiger partial charge in [-0.2, -0.15) is 0 Å². The number of fused-ring (bicyclic) bond motifs is 1. The van der Waals surface area contributed by atoms with E-state index < -0.39 is 0 Å². The highest BCUT2D eigenvalue weighted by atomic mass is 16.5. The minimum atomic E-state index is -0.316. The average Bonchev–Trinajstić information content (AvgIpc) is 2.88. The summed E-state index contributed by atoms with van der Waals surface area (Å²) in [6.07, 6.45) is 1.11. The van der Waals surface area contributed by atoms with E-state index in [0.29, 0.717) is 24.2 Å². The molecule has 0 aliphatic carbocycles. The molecule has 34 heavy (non-hydrogen) atoms. The molecule has 0 saturated carbocycles. The third-order valence-corrected chi connectivity index (χ3v) is 5.88. The Hall–Kier alpha value is -4.12. The van der Waals surface area contributed by atoms with Crippen LogP contribution in [0.1, 0.15) is 30.4 Å². The largest absolute Gasteiger partial charge is 0.497 e. The number of carbonyl (C=O) groups is 2. The summed E-state index contributed by atoms with van der Waals surface area (Å²) in [5.41, 5.74) is 3.46. The summed E-state index contributed by atoms with van der Waals surface area (Å²) in [5.74, 6) is 0.362. The molecular formula is C29H28N2O3. The van der Waals surface area contributed by atoms with Crippen LogP contribution in [0.4, 0.5) is 11.4 Å². The maximum Gasteiger partial charge on any atom is 0.231 e. The van der Waals surface area contributed by atoms with Crippen molar-refractivity contribution in [3.05, 3.63) is 102 Å². The number of methoxy groups -OCH3 is 1. The minimum absolute atomic E-state index is 0.0387. The Morgan fingerprint density at radius 1 is 0.794 bits per heavy atom. The van der Waals surface area contributed by atoms with Crippen molar-refractivity contribution in [3.63, 3.8) is 0 Å². The Morgan fingerprint density at radius 2 is 1.44 bits per heavy atom. The fraction of sp³-hybridized carbons (Fsp3) is 0.172. The number of ether oxygens (including phenoxy) is 1. The standard InChI is InChI=1S/C29H28N2O3/c1-20(22-9-10-24-19-27(34-2)16-11-23(24)18-22)29(33)31-26-14-12-25(13-15-26)30-28(32)17-8-21-6-4-3-5-7-21/h3-7,9-16,18-20H,8,17H2,1-2H3,(H,30,32)(H,31,33)/t20-/m0/s1. The monoisotopic (exact) mass is 452 g/mol. The zero-order chi connectivity index (χ0) is 23.9. The number of anilines is 2. The second-order valence-corrected chi connectivity index (χ2v) is 8.29. The first-order valence-electron chi connectivity index (χ1n) is 11.3. The van der Waals surface area contributed by atoms with Gasteiger partial charge in [-0.15, -0.1) is 0 Å². The number of hydrogen-bond acceptors (Lipinski definition) is 3. The Morgan fingerprint density at radius 3 is 2.15 bits per heavy atom. The van der Waals surface area contributed by atoms with Gasteiger partial charge in [0.1, 0.15) is 5.75 Å². The molecule has 0 spiro atoms. The van der Waals surface area contributed by atoms with Crippen LogP contribution in [0.2, 0.25) is 0 Å². The molecule has 4 aromatic rings. The highest BCUT2D eigenvalue weighted by molar-refractivity contribution is 5.97. The summed E-state index contributed by atoms with van der Waals surface area (Å²) in [4.78, 5) is 25.1. The van der Waals surface area contributed by atoms with E-state index in [-0.39, 0.29) is 17.7 Å². The first-order valence-corrected chi connectivity index (χ1v) is 11.3. The summed E-state index contributed by atoms with van der Waals surface area (Å²) in [6.45, 7) is 1.89. The van der Waals surface area contributed by atoms with E-state index in [9.17, 15) is 9.59 Å². The zero-order valence-corrected chi connectivity index (χ0v) is 19.4. The van der Waals surface area contributed by atoms with Gasteiger partial charge < -0.3 is 15.4 Å². The van der Waals surface area contributed by atoms with Crippen molar-refractivity contribution in [2.45, 2.75) is 25.7 Å². The molecule has 4 rings (SSSR count). The SMILES string of the molecule is COc1ccc2cc([C@H](C)C(=O)Nc3ccc(NC(=O)CCc4ccccc4)cc3)ccc2c1. The maximum atomic E-state index is 12.8. The molecular weight excluding hydrogens is 424 g/mol. The second-order valence-electron chi connectivity index (χ2n) is 8.29. The molecule has 0 aliphatic rings. The zero-order valence-electron chi connectivity index (χ0n) is 19.4. The number of amides is 2. The molecule has 0 bridgehead atoms. The molecule has 0 saturated heterocycles. The summed E-state index contributed by atoms with van der Waals surface area (Å²) < 4.78 is 5.28. The molecule has 0 aromatic heterocycles. The van der Waals surface area contributed by atoms with Gasteiger partial charge in [0.25, 0.3) is 0 Å². The molecule has 172 valence electrons. The van der Waals surface area contributed by atoms with E-state index in [1.165, 1.54) is 0 Å².